The molecule has 0 spiro atoms. The number of nitrogens with one attached hydrogen (secondary N) is 1. The molecule has 43 heavy (non-hydrogen) atoms. The first-order valence-corrected chi connectivity index (χ1v) is 15.5. The summed E-state index contributed by atoms with van der Waals surface area (Å²) in [6.07, 6.45) is 1.70. The Morgan fingerprint density at radius 2 is 1.60 bits per heavy atom. The summed E-state index contributed by atoms with van der Waals surface area (Å²) in [5.74, 6) is 0.324. The van der Waals surface area contributed by atoms with Crippen LogP contribution in [0.4, 0.5) is 5.69 Å². The lowest BCUT2D eigenvalue weighted by Crippen LogP contribution is -2.51. The van der Waals surface area contributed by atoms with Gasteiger partial charge < -0.3 is 24.4 Å². The van der Waals surface area contributed by atoms with Gasteiger partial charge in [0, 0.05) is 19.2 Å². The van der Waals surface area contributed by atoms with Gasteiger partial charge in [-0.1, -0.05) is 43.2 Å². The van der Waals surface area contributed by atoms with Gasteiger partial charge in [-0.05, 0) is 62.2 Å². The molecule has 0 aliphatic rings. The molecular weight excluding hydrogens is 570 g/mol. The third-order valence-electron chi connectivity index (χ3n) is 7.03. The van der Waals surface area contributed by atoms with Crippen LogP contribution in [0.15, 0.2) is 71.6 Å². The highest BCUT2D eigenvalue weighted by molar-refractivity contribution is 7.92. The summed E-state index contributed by atoms with van der Waals surface area (Å²) in [6, 6.07) is 17.4. The van der Waals surface area contributed by atoms with Crippen LogP contribution in [0.3, 0.4) is 0 Å². The van der Waals surface area contributed by atoms with Crippen molar-refractivity contribution in [2.45, 2.75) is 51.1 Å². The van der Waals surface area contributed by atoms with Gasteiger partial charge in [-0.25, -0.2) is 8.42 Å². The predicted octanol–water partition coefficient (Wildman–Crippen LogP) is 4.55. The van der Waals surface area contributed by atoms with Crippen molar-refractivity contribution >= 4 is 27.5 Å². The van der Waals surface area contributed by atoms with E-state index in [1.807, 2.05) is 19.9 Å². The van der Waals surface area contributed by atoms with Crippen molar-refractivity contribution in [1.82, 2.24) is 10.2 Å². The molecule has 1 N–H and O–H groups in total. The summed E-state index contributed by atoms with van der Waals surface area (Å²) >= 11 is 0. The Bertz CT molecular complexity index is 1490. The van der Waals surface area contributed by atoms with Crippen LogP contribution in [0.5, 0.6) is 17.2 Å². The number of ether oxygens (including phenoxy) is 3. The maximum absolute atomic E-state index is 14.1. The van der Waals surface area contributed by atoms with Crippen molar-refractivity contribution < 1.29 is 32.2 Å². The number of sulfonamides is 1. The summed E-state index contributed by atoms with van der Waals surface area (Å²) in [6.45, 7) is 5.54. The normalized spacial score (nSPS) is 11.8. The number of benzene rings is 3. The van der Waals surface area contributed by atoms with E-state index in [0.717, 1.165) is 28.3 Å². The number of nitrogens with zero attached hydrogens (tertiary/aromatic N) is 2. The second-order valence-electron chi connectivity index (χ2n) is 10.1. The predicted molar refractivity (Wildman–Crippen MR) is 166 cm³/mol. The van der Waals surface area contributed by atoms with Gasteiger partial charge in [0.2, 0.25) is 11.8 Å². The number of hydrogen-bond acceptors (Lipinski definition) is 7. The van der Waals surface area contributed by atoms with E-state index in [0.29, 0.717) is 23.7 Å². The summed E-state index contributed by atoms with van der Waals surface area (Å²) in [5, 5.41) is 2.88. The lowest BCUT2D eigenvalue weighted by atomic mass is 10.1. The van der Waals surface area contributed by atoms with E-state index in [-0.39, 0.29) is 23.1 Å². The SMILES string of the molecule is CCCCNC(=O)[C@H](C)N(Cc1cccc(OC)c1)C(=O)CN(c1ccc(C)cc1)S(=O)(=O)c1ccc(OC)c(OC)c1. The molecule has 0 aliphatic carbocycles. The van der Waals surface area contributed by atoms with E-state index in [4.69, 9.17) is 14.2 Å². The molecule has 2 amide bonds. The summed E-state index contributed by atoms with van der Waals surface area (Å²) < 4.78 is 45.3. The number of aryl methyl sites for hydroxylation is 1. The smallest absolute Gasteiger partial charge is 0.264 e. The molecule has 0 radical (unpaired) electrons. The topological polar surface area (TPSA) is 114 Å². The van der Waals surface area contributed by atoms with Gasteiger partial charge in [0.1, 0.15) is 18.3 Å². The van der Waals surface area contributed by atoms with Crippen LogP contribution in [0.25, 0.3) is 0 Å². The molecule has 0 aromatic heterocycles. The van der Waals surface area contributed by atoms with Gasteiger partial charge in [-0.3, -0.25) is 13.9 Å². The summed E-state index contributed by atoms with van der Waals surface area (Å²) in [7, 11) is 0.149. The van der Waals surface area contributed by atoms with E-state index >= 15 is 0 Å². The molecule has 0 aliphatic heterocycles. The van der Waals surface area contributed by atoms with Crippen LogP contribution in [0.2, 0.25) is 0 Å². The third-order valence-corrected chi connectivity index (χ3v) is 8.80. The second-order valence-corrected chi connectivity index (χ2v) is 11.9. The van der Waals surface area contributed by atoms with Crippen LogP contribution < -0.4 is 23.8 Å². The van der Waals surface area contributed by atoms with E-state index in [9.17, 15) is 18.0 Å². The lowest BCUT2D eigenvalue weighted by Gasteiger charge is -2.32. The minimum atomic E-state index is -4.27. The zero-order chi connectivity index (χ0) is 31.6. The molecule has 11 heteroatoms. The van der Waals surface area contributed by atoms with Crippen LogP contribution in [0.1, 0.15) is 37.8 Å². The maximum Gasteiger partial charge on any atom is 0.264 e. The quantitative estimate of drug-likeness (QED) is 0.251. The first-order valence-electron chi connectivity index (χ1n) is 14.1. The van der Waals surface area contributed by atoms with Gasteiger partial charge in [0.15, 0.2) is 11.5 Å². The number of hydrogen-bond donors (Lipinski definition) is 1. The Labute approximate surface area is 254 Å². The molecule has 0 unspecified atom stereocenters. The van der Waals surface area contributed by atoms with Gasteiger partial charge in [0.25, 0.3) is 10.0 Å². The monoisotopic (exact) mass is 611 g/mol. The highest BCUT2D eigenvalue weighted by Crippen LogP contribution is 2.32. The van der Waals surface area contributed by atoms with Crippen molar-refractivity contribution in [3.8, 4) is 17.2 Å². The molecular formula is C32H41N3O7S. The highest BCUT2D eigenvalue weighted by Gasteiger charge is 2.33. The van der Waals surface area contributed by atoms with Gasteiger partial charge in [0.05, 0.1) is 31.9 Å². The number of amides is 2. The minimum absolute atomic E-state index is 0.0660. The Morgan fingerprint density at radius 3 is 2.23 bits per heavy atom. The fourth-order valence-electron chi connectivity index (χ4n) is 4.43. The fourth-order valence-corrected chi connectivity index (χ4v) is 5.86. The number of unbranched alkanes of at least 4 members (excludes halogenated alkanes) is 1. The molecule has 3 rings (SSSR count). The van der Waals surface area contributed by atoms with E-state index in [1.54, 1.807) is 56.5 Å². The first-order chi connectivity index (χ1) is 20.5. The zero-order valence-electron chi connectivity index (χ0n) is 25.6. The number of carbonyl (C=O) groups is 2. The third kappa shape index (κ3) is 8.41. The highest BCUT2D eigenvalue weighted by atomic mass is 32.2. The molecule has 0 bridgehead atoms. The van der Waals surface area contributed by atoms with Crippen LogP contribution in [-0.2, 0) is 26.2 Å². The van der Waals surface area contributed by atoms with Crippen molar-refractivity contribution in [2.24, 2.45) is 0 Å². The first kappa shape index (κ1) is 33.3. The van der Waals surface area contributed by atoms with Crippen molar-refractivity contribution in [1.29, 1.82) is 0 Å². The molecule has 232 valence electrons. The molecule has 3 aromatic rings. The molecule has 0 fully saturated rings. The Morgan fingerprint density at radius 1 is 0.907 bits per heavy atom. The van der Waals surface area contributed by atoms with Crippen molar-refractivity contribution in [3.63, 3.8) is 0 Å². The van der Waals surface area contributed by atoms with Crippen molar-refractivity contribution in [3.05, 3.63) is 77.9 Å². The van der Waals surface area contributed by atoms with Gasteiger partial charge >= 0.3 is 0 Å². The standard InChI is InChI=1S/C32H41N3O7S/c1-7-8-18-33-32(37)24(3)34(21-25-10-9-11-27(19-25)40-4)31(36)22-35(26-14-12-23(2)13-15-26)43(38,39)28-16-17-29(41-5)30(20-28)42-6/h9-17,19-20,24H,7-8,18,21-22H2,1-6H3,(H,33,37)/t24-/m0/s1. The largest absolute Gasteiger partial charge is 0.497 e. The molecule has 3 aromatic carbocycles. The lowest BCUT2D eigenvalue weighted by molar-refractivity contribution is -0.139. The van der Waals surface area contributed by atoms with E-state index < -0.39 is 28.5 Å². The number of carbonyl (C=O) groups excluding carboxylic acids is 2. The van der Waals surface area contributed by atoms with Crippen LogP contribution >= 0.6 is 0 Å². The molecule has 10 nitrogen and oxygen atoms in total. The minimum Gasteiger partial charge on any atom is -0.497 e. The summed E-state index contributed by atoms with van der Waals surface area (Å²) in [5.41, 5.74) is 1.95. The number of methoxy groups -OCH3 is 3. The van der Waals surface area contributed by atoms with Crippen molar-refractivity contribution in [2.75, 3.05) is 38.7 Å². The number of rotatable bonds is 15. The Kier molecular flexibility index (Phi) is 11.8. The maximum atomic E-state index is 14.1. The summed E-state index contributed by atoms with van der Waals surface area (Å²) in [4.78, 5) is 28.5. The number of anilines is 1. The fraction of sp³-hybridized carbons (Fsp3) is 0.375. The second kappa shape index (κ2) is 15.3. The average molecular weight is 612 g/mol. The van der Waals surface area contributed by atoms with E-state index in [1.165, 1.54) is 37.3 Å². The molecule has 1 atom stereocenters. The molecule has 0 saturated carbocycles. The van der Waals surface area contributed by atoms with Crippen LogP contribution in [-0.4, -0.2) is 65.6 Å². The van der Waals surface area contributed by atoms with Gasteiger partial charge in [-0.15, -0.1) is 0 Å². The van der Waals surface area contributed by atoms with E-state index in [2.05, 4.69) is 5.32 Å². The Hall–Kier alpha value is -4.25. The molecule has 0 saturated heterocycles. The Balaban J connectivity index is 2.05. The average Bonchev–Trinajstić information content (AvgIpc) is 3.02. The molecule has 0 heterocycles. The van der Waals surface area contributed by atoms with Gasteiger partial charge in [-0.2, -0.15) is 0 Å². The zero-order valence-corrected chi connectivity index (χ0v) is 26.4. The van der Waals surface area contributed by atoms with Crippen LogP contribution in [0, 0.1) is 6.92 Å².